The van der Waals surface area contributed by atoms with Crippen LogP contribution in [0.3, 0.4) is 0 Å². The fourth-order valence-electron chi connectivity index (χ4n) is 0.649. The van der Waals surface area contributed by atoms with Crippen molar-refractivity contribution in [3.8, 4) is 0 Å². The Balaban J connectivity index is 3.30. The maximum Gasteiger partial charge on any atom is 0.128 e. The van der Waals surface area contributed by atoms with Gasteiger partial charge in [-0.2, -0.15) is 0 Å². The van der Waals surface area contributed by atoms with E-state index in [1.165, 1.54) is 18.2 Å². The number of halogens is 1. The van der Waals surface area contributed by atoms with E-state index in [0.717, 1.165) is 0 Å². The first-order chi connectivity index (χ1) is 5.29. The average Bonchev–Trinajstić information content (AvgIpc) is 2.05. The van der Waals surface area contributed by atoms with Crippen LogP contribution < -0.4 is 0 Å². The molecule has 0 aliphatic heterocycles. The number of nitroso groups, excluding NO2 is 2. The van der Waals surface area contributed by atoms with Crippen molar-refractivity contribution in [1.82, 2.24) is 0 Å². The van der Waals surface area contributed by atoms with Gasteiger partial charge in [0.05, 0.1) is 5.02 Å². The van der Waals surface area contributed by atoms with Crippen molar-refractivity contribution in [2.75, 3.05) is 0 Å². The summed E-state index contributed by atoms with van der Waals surface area (Å²) in [4.78, 5) is 20.0. The third-order valence-corrected chi connectivity index (χ3v) is 1.54. The Morgan fingerprint density at radius 2 is 1.55 bits per heavy atom. The van der Waals surface area contributed by atoms with E-state index in [1.54, 1.807) is 0 Å². The highest BCUT2D eigenvalue weighted by molar-refractivity contribution is 6.35. The van der Waals surface area contributed by atoms with Gasteiger partial charge in [0, 0.05) is 0 Å². The second kappa shape index (κ2) is 3.21. The van der Waals surface area contributed by atoms with E-state index >= 15 is 0 Å². The molecule has 1 aromatic rings. The number of rotatable bonds is 2. The molecule has 0 heterocycles. The minimum absolute atomic E-state index is 0.00231. The van der Waals surface area contributed by atoms with Crippen LogP contribution in [0.1, 0.15) is 0 Å². The van der Waals surface area contributed by atoms with E-state index in [0.29, 0.717) is 0 Å². The molecule has 0 fully saturated rings. The molecule has 0 aliphatic rings. The standard InChI is InChI=1S/C6H3ClN2O2/c7-6-4(8-10)2-1-3-5(6)9-11/h1-3H. The number of hydrogen-bond acceptors (Lipinski definition) is 4. The molecule has 4 nitrogen and oxygen atoms in total. The lowest BCUT2D eigenvalue weighted by atomic mass is 10.3. The summed E-state index contributed by atoms with van der Waals surface area (Å²) in [6, 6.07) is 4.30. The number of hydrogen-bond donors (Lipinski definition) is 0. The molecular formula is C6H3ClN2O2. The van der Waals surface area contributed by atoms with Gasteiger partial charge in [0.1, 0.15) is 11.4 Å². The summed E-state index contributed by atoms with van der Waals surface area (Å²) in [5.41, 5.74) is 0.0625. The molecule has 0 saturated heterocycles. The van der Waals surface area contributed by atoms with Crippen LogP contribution in [0.25, 0.3) is 0 Å². The monoisotopic (exact) mass is 170 g/mol. The maximum atomic E-state index is 10.0. The Morgan fingerprint density at radius 3 is 1.91 bits per heavy atom. The lowest BCUT2D eigenvalue weighted by molar-refractivity contribution is 1.44. The first kappa shape index (κ1) is 7.81. The molecule has 0 aliphatic carbocycles. The summed E-state index contributed by atoms with van der Waals surface area (Å²) in [5, 5.41) is 5.19. The first-order valence-electron chi connectivity index (χ1n) is 2.75. The molecule has 1 aromatic carbocycles. The Bertz CT molecular complexity index is 274. The van der Waals surface area contributed by atoms with Crippen molar-refractivity contribution >= 4 is 23.0 Å². The Kier molecular flexibility index (Phi) is 2.28. The fourth-order valence-corrected chi connectivity index (χ4v) is 0.844. The molecular weight excluding hydrogens is 168 g/mol. The highest BCUT2D eigenvalue weighted by Gasteiger charge is 2.05. The van der Waals surface area contributed by atoms with E-state index in [4.69, 9.17) is 11.6 Å². The largest absolute Gasteiger partial charge is 0.145 e. The fraction of sp³-hybridized carbons (Fsp3) is 0. The molecule has 1 rings (SSSR count). The van der Waals surface area contributed by atoms with Gasteiger partial charge >= 0.3 is 0 Å². The summed E-state index contributed by atoms with van der Waals surface area (Å²) in [6.45, 7) is 0. The molecule has 0 aromatic heterocycles. The van der Waals surface area contributed by atoms with E-state index in [-0.39, 0.29) is 16.4 Å². The normalized spacial score (nSPS) is 9.18. The van der Waals surface area contributed by atoms with Crippen molar-refractivity contribution in [2.45, 2.75) is 0 Å². The van der Waals surface area contributed by atoms with Gasteiger partial charge in [0.15, 0.2) is 0 Å². The smallest absolute Gasteiger partial charge is 0.128 e. The Labute approximate surface area is 67.1 Å². The Morgan fingerprint density at radius 1 is 1.09 bits per heavy atom. The van der Waals surface area contributed by atoms with Crippen LogP contribution in [0.15, 0.2) is 28.6 Å². The third-order valence-electron chi connectivity index (χ3n) is 1.15. The van der Waals surface area contributed by atoms with Gasteiger partial charge < -0.3 is 0 Å². The van der Waals surface area contributed by atoms with Crippen molar-refractivity contribution in [3.63, 3.8) is 0 Å². The van der Waals surface area contributed by atoms with Crippen LogP contribution in [-0.2, 0) is 0 Å². The zero-order valence-electron chi connectivity index (χ0n) is 5.32. The van der Waals surface area contributed by atoms with E-state index in [2.05, 4.69) is 10.4 Å². The van der Waals surface area contributed by atoms with Gasteiger partial charge in [-0.25, -0.2) is 0 Å². The SMILES string of the molecule is O=Nc1cccc(N=O)c1Cl. The number of benzene rings is 1. The molecule has 5 heteroatoms. The zero-order valence-corrected chi connectivity index (χ0v) is 6.08. The summed E-state index contributed by atoms with van der Waals surface area (Å²) in [7, 11) is 0. The molecule has 0 N–H and O–H groups in total. The van der Waals surface area contributed by atoms with Gasteiger partial charge in [-0.15, -0.1) is 9.81 Å². The van der Waals surface area contributed by atoms with Crippen molar-refractivity contribution < 1.29 is 0 Å². The Hall–Kier alpha value is -1.29. The van der Waals surface area contributed by atoms with Crippen LogP contribution in [0, 0.1) is 9.81 Å². The molecule has 0 bridgehead atoms. The molecule has 0 unspecified atom stereocenters. The predicted molar refractivity (Wildman–Crippen MR) is 42.4 cm³/mol. The summed E-state index contributed by atoms with van der Waals surface area (Å²) >= 11 is 5.52. The average molecular weight is 171 g/mol. The predicted octanol–water partition coefficient (Wildman–Crippen LogP) is 3.14. The second-order valence-electron chi connectivity index (χ2n) is 1.79. The van der Waals surface area contributed by atoms with E-state index in [1.807, 2.05) is 0 Å². The molecule has 11 heavy (non-hydrogen) atoms. The molecule has 0 amide bonds. The van der Waals surface area contributed by atoms with Crippen LogP contribution in [0.5, 0.6) is 0 Å². The highest BCUT2D eigenvalue weighted by Crippen LogP contribution is 2.33. The lowest BCUT2D eigenvalue weighted by Crippen LogP contribution is -1.67. The van der Waals surface area contributed by atoms with Gasteiger partial charge in [0.25, 0.3) is 0 Å². The number of nitrogens with zero attached hydrogens (tertiary/aromatic N) is 2. The zero-order chi connectivity index (χ0) is 8.27. The summed E-state index contributed by atoms with van der Waals surface area (Å²) in [5.74, 6) is 0. The van der Waals surface area contributed by atoms with Crippen LogP contribution >= 0.6 is 11.6 Å². The second-order valence-corrected chi connectivity index (χ2v) is 2.17. The summed E-state index contributed by atoms with van der Waals surface area (Å²) in [6.07, 6.45) is 0. The van der Waals surface area contributed by atoms with Crippen molar-refractivity contribution in [2.24, 2.45) is 10.4 Å². The molecule has 0 saturated carbocycles. The van der Waals surface area contributed by atoms with Crippen molar-refractivity contribution in [1.29, 1.82) is 0 Å². The van der Waals surface area contributed by atoms with Crippen LogP contribution in [0.4, 0.5) is 11.4 Å². The van der Waals surface area contributed by atoms with Crippen LogP contribution in [0.2, 0.25) is 5.02 Å². The molecule has 0 spiro atoms. The summed E-state index contributed by atoms with van der Waals surface area (Å²) < 4.78 is 0. The molecule has 0 radical (unpaired) electrons. The highest BCUT2D eigenvalue weighted by atomic mass is 35.5. The minimum Gasteiger partial charge on any atom is -0.145 e. The van der Waals surface area contributed by atoms with Gasteiger partial charge in [-0.1, -0.05) is 17.7 Å². The van der Waals surface area contributed by atoms with Gasteiger partial charge in [0.2, 0.25) is 0 Å². The van der Waals surface area contributed by atoms with Gasteiger partial charge in [-0.3, -0.25) is 0 Å². The van der Waals surface area contributed by atoms with Gasteiger partial charge in [-0.05, 0) is 22.5 Å². The van der Waals surface area contributed by atoms with E-state index in [9.17, 15) is 9.81 Å². The third kappa shape index (κ3) is 1.40. The lowest BCUT2D eigenvalue weighted by Gasteiger charge is -1.93. The van der Waals surface area contributed by atoms with Crippen molar-refractivity contribution in [3.05, 3.63) is 33.0 Å². The van der Waals surface area contributed by atoms with Crippen LogP contribution in [-0.4, -0.2) is 0 Å². The quantitative estimate of drug-likeness (QED) is 0.640. The maximum absolute atomic E-state index is 10.0. The molecule has 0 atom stereocenters. The topological polar surface area (TPSA) is 58.9 Å². The molecule has 56 valence electrons. The van der Waals surface area contributed by atoms with E-state index < -0.39 is 0 Å². The first-order valence-corrected chi connectivity index (χ1v) is 3.12. The minimum atomic E-state index is -0.00231.